The first-order chi connectivity index (χ1) is 9.83. The third kappa shape index (κ3) is 3.10. The lowest BCUT2D eigenvalue weighted by Gasteiger charge is -2.34. The van der Waals surface area contributed by atoms with E-state index in [-0.39, 0.29) is 17.9 Å². The molecule has 0 saturated carbocycles. The SMILES string of the molecule is O=C(C1CCOC1)N1CCCC(Oc2ccncc2)C1. The molecule has 20 heavy (non-hydrogen) atoms. The van der Waals surface area contributed by atoms with Crippen molar-refractivity contribution in [1.82, 2.24) is 9.88 Å². The molecule has 2 aliphatic rings. The highest BCUT2D eigenvalue weighted by molar-refractivity contribution is 5.79. The number of pyridine rings is 1. The molecule has 3 heterocycles. The smallest absolute Gasteiger partial charge is 0.228 e. The monoisotopic (exact) mass is 276 g/mol. The first kappa shape index (κ1) is 13.4. The van der Waals surface area contributed by atoms with Crippen LogP contribution < -0.4 is 4.74 Å². The molecule has 0 spiro atoms. The van der Waals surface area contributed by atoms with Crippen molar-refractivity contribution in [2.24, 2.45) is 5.92 Å². The van der Waals surface area contributed by atoms with E-state index in [1.807, 2.05) is 17.0 Å². The van der Waals surface area contributed by atoms with Gasteiger partial charge in [0.15, 0.2) is 0 Å². The second kappa shape index (κ2) is 6.22. The van der Waals surface area contributed by atoms with Crippen LogP contribution in [0.5, 0.6) is 5.75 Å². The molecule has 2 aliphatic heterocycles. The van der Waals surface area contributed by atoms with Crippen LogP contribution in [0.4, 0.5) is 0 Å². The van der Waals surface area contributed by atoms with Gasteiger partial charge in [0.25, 0.3) is 0 Å². The Bertz CT molecular complexity index is 446. The van der Waals surface area contributed by atoms with Crippen molar-refractivity contribution < 1.29 is 14.3 Å². The average molecular weight is 276 g/mol. The summed E-state index contributed by atoms with van der Waals surface area (Å²) < 4.78 is 11.2. The molecule has 2 atom stereocenters. The summed E-state index contributed by atoms with van der Waals surface area (Å²) in [5.74, 6) is 1.10. The molecule has 3 rings (SSSR count). The van der Waals surface area contributed by atoms with Crippen molar-refractivity contribution in [2.75, 3.05) is 26.3 Å². The lowest BCUT2D eigenvalue weighted by Crippen LogP contribution is -2.46. The van der Waals surface area contributed by atoms with E-state index in [1.165, 1.54) is 0 Å². The van der Waals surface area contributed by atoms with Gasteiger partial charge in [0.05, 0.1) is 19.1 Å². The molecule has 0 N–H and O–H groups in total. The van der Waals surface area contributed by atoms with Gasteiger partial charge in [-0.15, -0.1) is 0 Å². The van der Waals surface area contributed by atoms with Crippen LogP contribution in [-0.2, 0) is 9.53 Å². The fraction of sp³-hybridized carbons (Fsp3) is 0.600. The Balaban J connectivity index is 1.57. The maximum atomic E-state index is 12.4. The highest BCUT2D eigenvalue weighted by Gasteiger charge is 2.31. The summed E-state index contributed by atoms with van der Waals surface area (Å²) in [7, 11) is 0. The maximum Gasteiger partial charge on any atom is 0.228 e. The van der Waals surface area contributed by atoms with Crippen molar-refractivity contribution in [3.05, 3.63) is 24.5 Å². The maximum absolute atomic E-state index is 12.4. The molecule has 0 aromatic carbocycles. The predicted octanol–water partition coefficient (Wildman–Crippen LogP) is 1.49. The highest BCUT2D eigenvalue weighted by Crippen LogP contribution is 2.21. The molecule has 2 saturated heterocycles. The third-order valence-electron chi connectivity index (χ3n) is 3.92. The van der Waals surface area contributed by atoms with Gasteiger partial charge in [-0.05, 0) is 31.4 Å². The van der Waals surface area contributed by atoms with Crippen LogP contribution in [-0.4, -0.2) is 48.2 Å². The minimum absolute atomic E-state index is 0.0506. The van der Waals surface area contributed by atoms with E-state index in [9.17, 15) is 4.79 Å². The highest BCUT2D eigenvalue weighted by atomic mass is 16.5. The molecule has 0 aliphatic carbocycles. The largest absolute Gasteiger partial charge is 0.488 e. The summed E-state index contributed by atoms with van der Waals surface area (Å²) in [5.41, 5.74) is 0. The summed E-state index contributed by atoms with van der Waals surface area (Å²) in [4.78, 5) is 18.3. The Labute approximate surface area is 118 Å². The minimum Gasteiger partial charge on any atom is -0.488 e. The van der Waals surface area contributed by atoms with E-state index < -0.39 is 0 Å². The molecule has 1 aromatic heterocycles. The Morgan fingerprint density at radius 2 is 2.20 bits per heavy atom. The predicted molar refractivity (Wildman–Crippen MR) is 73.4 cm³/mol. The van der Waals surface area contributed by atoms with Crippen LogP contribution in [0.3, 0.4) is 0 Å². The number of hydrogen-bond acceptors (Lipinski definition) is 4. The summed E-state index contributed by atoms with van der Waals surface area (Å²) in [5, 5.41) is 0. The Morgan fingerprint density at radius 3 is 2.95 bits per heavy atom. The van der Waals surface area contributed by atoms with E-state index in [2.05, 4.69) is 4.98 Å². The second-order valence-electron chi connectivity index (χ2n) is 5.41. The van der Waals surface area contributed by atoms with Gasteiger partial charge >= 0.3 is 0 Å². The zero-order valence-electron chi connectivity index (χ0n) is 11.5. The van der Waals surface area contributed by atoms with Crippen molar-refractivity contribution in [1.29, 1.82) is 0 Å². The molecule has 5 nitrogen and oxygen atoms in total. The number of aromatic nitrogens is 1. The number of carbonyl (C=O) groups excluding carboxylic acids is 1. The molecule has 5 heteroatoms. The zero-order valence-corrected chi connectivity index (χ0v) is 11.5. The second-order valence-corrected chi connectivity index (χ2v) is 5.41. The summed E-state index contributed by atoms with van der Waals surface area (Å²) in [6.45, 7) is 2.80. The van der Waals surface area contributed by atoms with Crippen LogP contribution in [0.15, 0.2) is 24.5 Å². The summed E-state index contributed by atoms with van der Waals surface area (Å²) >= 11 is 0. The van der Waals surface area contributed by atoms with Crippen LogP contribution in [0.1, 0.15) is 19.3 Å². The lowest BCUT2D eigenvalue weighted by atomic mass is 10.0. The molecule has 0 bridgehead atoms. The first-order valence-electron chi connectivity index (χ1n) is 7.26. The molecule has 1 amide bonds. The van der Waals surface area contributed by atoms with E-state index in [0.29, 0.717) is 19.8 Å². The topological polar surface area (TPSA) is 51.7 Å². The zero-order chi connectivity index (χ0) is 13.8. The number of likely N-dealkylation sites (tertiary alicyclic amines) is 1. The number of hydrogen-bond donors (Lipinski definition) is 0. The summed E-state index contributed by atoms with van der Waals surface area (Å²) in [6.07, 6.45) is 6.36. The quantitative estimate of drug-likeness (QED) is 0.839. The van der Waals surface area contributed by atoms with Crippen LogP contribution >= 0.6 is 0 Å². The van der Waals surface area contributed by atoms with Crippen molar-refractivity contribution >= 4 is 5.91 Å². The summed E-state index contributed by atoms with van der Waals surface area (Å²) in [6, 6.07) is 3.71. The molecule has 1 aromatic rings. The molecular weight excluding hydrogens is 256 g/mol. The average Bonchev–Trinajstić information content (AvgIpc) is 3.02. The van der Waals surface area contributed by atoms with Crippen LogP contribution in [0, 0.1) is 5.92 Å². The number of ether oxygens (including phenoxy) is 2. The fourth-order valence-corrected chi connectivity index (χ4v) is 2.83. The Morgan fingerprint density at radius 1 is 1.35 bits per heavy atom. The number of piperidine rings is 1. The first-order valence-corrected chi connectivity index (χ1v) is 7.26. The molecule has 0 radical (unpaired) electrons. The van der Waals surface area contributed by atoms with E-state index >= 15 is 0 Å². The van der Waals surface area contributed by atoms with Gasteiger partial charge in [-0.25, -0.2) is 0 Å². The fourth-order valence-electron chi connectivity index (χ4n) is 2.83. The van der Waals surface area contributed by atoms with Crippen molar-refractivity contribution in [2.45, 2.75) is 25.4 Å². The lowest BCUT2D eigenvalue weighted by molar-refractivity contribution is -0.138. The van der Waals surface area contributed by atoms with Gasteiger partial charge in [-0.1, -0.05) is 0 Å². The van der Waals surface area contributed by atoms with Gasteiger partial charge in [0.1, 0.15) is 11.9 Å². The number of carbonyl (C=O) groups is 1. The van der Waals surface area contributed by atoms with Gasteiger partial charge in [-0.2, -0.15) is 0 Å². The van der Waals surface area contributed by atoms with E-state index in [4.69, 9.17) is 9.47 Å². The van der Waals surface area contributed by atoms with Crippen LogP contribution in [0.25, 0.3) is 0 Å². The van der Waals surface area contributed by atoms with Crippen LogP contribution in [0.2, 0.25) is 0 Å². The van der Waals surface area contributed by atoms with Gasteiger partial charge in [0, 0.05) is 25.5 Å². The van der Waals surface area contributed by atoms with Crippen molar-refractivity contribution in [3.63, 3.8) is 0 Å². The normalized spacial score (nSPS) is 26.5. The third-order valence-corrected chi connectivity index (χ3v) is 3.92. The minimum atomic E-state index is 0.0506. The molecule has 2 fully saturated rings. The standard InChI is InChI=1S/C15H20N2O3/c18-15(12-5-9-19-11-12)17-8-1-2-14(10-17)20-13-3-6-16-7-4-13/h3-4,6-7,12,14H,1-2,5,8-11H2. The number of rotatable bonds is 3. The van der Waals surface area contributed by atoms with Crippen molar-refractivity contribution in [3.8, 4) is 5.75 Å². The number of nitrogens with zero attached hydrogens (tertiary/aromatic N) is 2. The molecular formula is C15H20N2O3. The van der Waals surface area contributed by atoms with E-state index in [0.717, 1.165) is 31.6 Å². The Hall–Kier alpha value is -1.62. The van der Waals surface area contributed by atoms with Gasteiger partial charge in [0.2, 0.25) is 5.91 Å². The molecule has 108 valence electrons. The van der Waals surface area contributed by atoms with Gasteiger partial charge in [-0.3, -0.25) is 9.78 Å². The Kier molecular flexibility index (Phi) is 4.16. The number of amides is 1. The molecule has 2 unspecified atom stereocenters. The van der Waals surface area contributed by atoms with E-state index in [1.54, 1.807) is 12.4 Å². The van der Waals surface area contributed by atoms with Gasteiger partial charge < -0.3 is 14.4 Å².